The summed E-state index contributed by atoms with van der Waals surface area (Å²) >= 11 is 0. The summed E-state index contributed by atoms with van der Waals surface area (Å²) in [5, 5.41) is 11.0. The maximum Gasteiger partial charge on any atom is 0.424 e. The third kappa shape index (κ3) is 4.68. The number of aliphatic hydroxyl groups is 1. The van der Waals surface area contributed by atoms with Crippen molar-refractivity contribution in [3.8, 4) is 0 Å². The number of carbonyl (C=O) groups is 2. The molecule has 19 heavy (non-hydrogen) atoms. The summed E-state index contributed by atoms with van der Waals surface area (Å²) in [6, 6.07) is -0.943. The van der Waals surface area contributed by atoms with Crippen LogP contribution in [0.3, 0.4) is 0 Å². The molecule has 7 heteroatoms. The van der Waals surface area contributed by atoms with Crippen molar-refractivity contribution in [2.45, 2.75) is 51.9 Å². The molecule has 1 aliphatic heterocycles. The highest BCUT2D eigenvalue weighted by atomic mass is 16.6. The average molecular weight is 274 g/mol. The molecule has 0 spiro atoms. The molecule has 1 heterocycles. The molecule has 0 bridgehead atoms. The molecule has 0 radical (unpaired) electrons. The first kappa shape index (κ1) is 15.7. The van der Waals surface area contributed by atoms with E-state index in [1.54, 1.807) is 27.7 Å². The van der Waals surface area contributed by atoms with Gasteiger partial charge in [0.05, 0.1) is 12.7 Å². The summed E-state index contributed by atoms with van der Waals surface area (Å²) < 4.78 is 10.0. The second-order valence-corrected chi connectivity index (χ2v) is 5.35. The Bertz CT molecular complexity index is 340. The number of hydrogen-bond acceptors (Lipinski definition) is 6. The van der Waals surface area contributed by atoms with Crippen molar-refractivity contribution in [3.63, 3.8) is 0 Å². The van der Waals surface area contributed by atoms with Crippen LogP contribution in [0.15, 0.2) is 0 Å². The minimum absolute atomic E-state index is 0.218. The molecule has 2 unspecified atom stereocenters. The zero-order valence-corrected chi connectivity index (χ0v) is 11.8. The van der Waals surface area contributed by atoms with Gasteiger partial charge in [-0.15, -0.1) is 0 Å². The van der Waals surface area contributed by atoms with Crippen molar-refractivity contribution < 1.29 is 24.2 Å². The summed E-state index contributed by atoms with van der Waals surface area (Å²) in [5.74, 6) is -0.580. The zero-order valence-electron chi connectivity index (χ0n) is 11.8. The Morgan fingerprint density at radius 3 is 2.58 bits per heavy atom. The van der Waals surface area contributed by atoms with Crippen LogP contribution in [0.2, 0.25) is 0 Å². The molecule has 1 amide bonds. The van der Waals surface area contributed by atoms with E-state index in [2.05, 4.69) is 5.43 Å². The van der Waals surface area contributed by atoms with Crippen molar-refractivity contribution in [3.05, 3.63) is 0 Å². The highest BCUT2D eigenvalue weighted by Gasteiger charge is 2.37. The van der Waals surface area contributed by atoms with Crippen LogP contribution in [0.25, 0.3) is 0 Å². The van der Waals surface area contributed by atoms with Crippen LogP contribution in [-0.4, -0.2) is 53.1 Å². The minimum atomic E-state index is -0.943. The molecular formula is C12H22N2O5. The van der Waals surface area contributed by atoms with Crippen molar-refractivity contribution in [1.82, 2.24) is 10.4 Å². The first-order chi connectivity index (χ1) is 8.74. The Hall–Kier alpha value is -1.34. The van der Waals surface area contributed by atoms with Crippen molar-refractivity contribution in [2.75, 3.05) is 13.2 Å². The fourth-order valence-corrected chi connectivity index (χ4v) is 1.65. The van der Waals surface area contributed by atoms with Gasteiger partial charge in [0.1, 0.15) is 11.6 Å². The van der Waals surface area contributed by atoms with Crippen molar-refractivity contribution in [1.29, 1.82) is 0 Å². The fraction of sp³-hybridized carbons (Fsp3) is 0.833. The number of hydrogen-bond donors (Lipinski definition) is 2. The first-order valence-electron chi connectivity index (χ1n) is 6.36. The molecule has 0 aliphatic carbocycles. The maximum atomic E-state index is 11.9. The zero-order chi connectivity index (χ0) is 14.6. The standard InChI is InChI=1S/C12H22N2O5/c1-5-18-10(16)9-8(15)6-7-14(13-9)11(17)19-12(2,3)4/h8-9,13,15H,5-7H2,1-4H3. The Balaban J connectivity index is 2.63. The number of nitrogens with one attached hydrogen (secondary N) is 1. The number of ether oxygens (including phenoxy) is 2. The molecule has 0 saturated carbocycles. The van der Waals surface area contributed by atoms with E-state index in [9.17, 15) is 14.7 Å². The van der Waals surface area contributed by atoms with Gasteiger partial charge in [-0.05, 0) is 34.1 Å². The lowest BCUT2D eigenvalue weighted by Crippen LogP contribution is -2.61. The van der Waals surface area contributed by atoms with Crippen LogP contribution in [0.1, 0.15) is 34.1 Å². The molecule has 7 nitrogen and oxygen atoms in total. The predicted octanol–water partition coefficient (Wildman–Crippen LogP) is 0.424. The Labute approximate surface area is 112 Å². The van der Waals surface area contributed by atoms with E-state index in [-0.39, 0.29) is 19.6 Å². The normalized spacial score (nSPS) is 23.9. The third-order valence-corrected chi connectivity index (χ3v) is 2.48. The van der Waals surface area contributed by atoms with Crippen LogP contribution in [0.5, 0.6) is 0 Å². The molecule has 1 aliphatic rings. The van der Waals surface area contributed by atoms with Crippen LogP contribution >= 0.6 is 0 Å². The van der Waals surface area contributed by atoms with Crippen molar-refractivity contribution >= 4 is 12.1 Å². The quantitative estimate of drug-likeness (QED) is 0.710. The molecule has 110 valence electrons. The SMILES string of the molecule is CCOC(=O)C1NN(C(=O)OC(C)(C)C)CCC1O. The predicted molar refractivity (Wildman–Crippen MR) is 67.1 cm³/mol. The lowest BCUT2D eigenvalue weighted by molar-refractivity contribution is -0.153. The van der Waals surface area contributed by atoms with Gasteiger partial charge < -0.3 is 14.6 Å². The van der Waals surface area contributed by atoms with Gasteiger partial charge in [0.25, 0.3) is 0 Å². The molecule has 2 N–H and O–H groups in total. The number of amides is 1. The molecule has 1 fully saturated rings. The molecule has 1 rings (SSSR count). The van der Waals surface area contributed by atoms with E-state index in [1.165, 1.54) is 5.01 Å². The van der Waals surface area contributed by atoms with Gasteiger partial charge in [0.2, 0.25) is 0 Å². The molecule has 0 aromatic rings. The Morgan fingerprint density at radius 1 is 1.42 bits per heavy atom. The van der Waals surface area contributed by atoms with E-state index in [0.29, 0.717) is 0 Å². The minimum Gasteiger partial charge on any atom is -0.465 e. The van der Waals surface area contributed by atoms with Crippen LogP contribution in [-0.2, 0) is 14.3 Å². The largest absolute Gasteiger partial charge is 0.465 e. The van der Waals surface area contributed by atoms with Crippen LogP contribution in [0.4, 0.5) is 4.79 Å². The fourth-order valence-electron chi connectivity index (χ4n) is 1.65. The van der Waals surface area contributed by atoms with Gasteiger partial charge in [0.15, 0.2) is 0 Å². The van der Waals surface area contributed by atoms with E-state index in [4.69, 9.17) is 9.47 Å². The van der Waals surface area contributed by atoms with Gasteiger partial charge in [-0.25, -0.2) is 15.2 Å². The second-order valence-electron chi connectivity index (χ2n) is 5.35. The number of carbonyl (C=O) groups excluding carboxylic acids is 2. The van der Waals surface area contributed by atoms with Gasteiger partial charge in [0, 0.05) is 6.54 Å². The number of rotatable bonds is 2. The van der Waals surface area contributed by atoms with Crippen LogP contribution in [0, 0.1) is 0 Å². The van der Waals surface area contributed by atoms with E-state index >= 15 is 0 Å². The van der Waals surface area contributed by atoms with Crippen LogP contribution < -0.4 is 5.43 Å². The third-order valence-electron chi connectivity index (χ3n) is 2.48. The highest BCUT2D eigenvalue weighted by molar-refractivity contribution is 5.77. The van der Waals surface area contributed by atoms with E-state index < -0.39 is 29.8 Å². The number of aliphatic hydroxyl groups excluding tert-OH is 1. The van der Waals surface area contributed by atoms with E-state index in [1.807, 2.05) is 0 Å². The summed E-state index contributed by atoms with van der Waals surface area (Å²) in [6.07, 6.45) is -1.16. The first-order valence-corrected chi connectivity index (χ1v) is 6.36. The lowest BCUT2D eigenvalue weighted by Gasteiger charge is -2.36. The Kier molecular flexibility index (Phi) is 5.13. The molecule has 0 aromatic carbocycles. The molecule has 0 aromatic heterocycles. The van der Waals surface area contributed by atoms with Gasteiger partial charge in [-0.1, -0.05) is 0 Å². The second kappa shape index (κ2) is 6.21. The van der Waals surface area contributed by atoms with E-state index in [0.717, 1.165) is 0 Å². The maximum absolute atomic E-state index is 11.9. The smallest absolute Gasteiger partial charge is 0.424 e. The average Bonchev–Trinajstić information content (AvgIpc) is 2.27. The summed E-state index contributed by atoms with van der Waals surface area (Å²) in [4.78, 5) is 23.5. The summed E-state index contributed by atoms with van der Waals surface area (Å²) in [6.45, 7) is 7.44. The molecule has 1 saturated heterocycles. The van der Waals surface area contributed by atoms with Crippen molar-refractivity contribution in [2.24, 2.45) is 0 Å². The highest BCUT2D eigenvalue weighted by Crippen LogP contribution is 2.14. The molecule has 2 atom stereocenters. The summed E-state index contributed by atoms with van der Waals surface area (Å²) in [5.41, 5.74) is 2.03. The number of hydrazine groups is 1. The van der Waals surface area contributed by atoms with Gasteiger partial charge in [-0.2, -0.15) is 0 Å². The summed E-state index contributed by atoms with van der Waals surface area (Å²) in [7, 11) is 0. The topological polar surface area (TPSA) is 88.1 Å². The Morgan fingerprint density at radius 2 is 2.05 bits per heavy atom. The lowest BCUT2D eigenvalue weighted by atomic mass is 10.1. The number of esters is 1. The van der Waals surface area contributed by atoms with Gasteiger partial charge >= 0.3 is 12.1 Å². The monoisotopic (exact) mass is 274 g/mol. The molecular weight excluding hydrogens is 252 g/mol. The van der Waals surface area contributed by atoms with Gasteiger partial charge in [-0.3, -0.25) is 4.79 Å². The number of nitrogens with zero attached hydrogens (tertiary/aromatic N) is 1.